The standard InChI is InChI=1S/C8H9Cl3/c1-7(2)3-8(7)5(10)4(9)6(8)11/h5H,3H2,1-2H3/t5-,8?/m1/s1. The van der Waals surface area contributed by atoms with E-state index in [1.165, 1.54) is 0 Å². The number of halogens is 3. The summed E-state index contributed by atoms with van der Waals surface area (Å²) in [5.74, 6) is 0. The normalized spacial score (nSPS) is 46.1. The fourth-order valence-electron chi connectivity index (χ4n) is 2.03. The van der Waals surface area contributed by atoms with Crippen molar-refractivity contribution in [1.82, 2.24) is 0 Å². The molecular formula is C8H9Cl3. The molecule has 0 amide bonds. The van der Waals surface area contributed by atoms with Gasteiger partial charge in [-0.05, 0) is 11.8 Å². The van der Waals surface area contributed by atoms with E-state index in [1.54, 1.807) is 0 Å². The highest BCUT2D eigenvalue weighted by Gasteiger charge is 2.72. The summed E-state index contributed by atoms with van der Waals surface area (Å²) < 4.78 is 0. The molecule has 0 aromatic rings. The van der Waals surface area contributed by atoms with E-state index in [1.807, 2.05) is 0 Å². The Morgan fingerprint density at radius 2 is 1.82 bits per heavy atom. The van der Waals surface area contributed by atoms with Crippen molar-refractivity contribution in [3.8, 4) is 0 Å². The molecule has 2 atom stereocenters. The van der Waals surface area contributed by atoms with Gasteiger partial charge in [-0.2, -0.15) is 0 Å². The Labute approximate surface area is 81.5 Å². The molecule has 62 valence electrons. The third kappa shape index (κ3) is 0.696. The molecule has 3 heteroatoms. The number of rotatable bonds is 0. The topological polar surface area (TPSA) is 0 Å². The van der Waals surface area contributed by atoms with Gasteiger partial charge in [0.05, 0.1) is 10.4 Å². The number of alkyl halides is 1. The van der Waals surface area contributed by atoms with E-state index in [0.717, 1.165) is 11.5 Å². The fourth-order valence-corrected chi connectivity index (χ4v) is 3.63. The van der Waals surface area contributed by atoms with E-state index in [2.05, 4.69) is 13.8 Å². The molecule has 0 heterocycles. The molecule has 0 N–H and O–H groups in total. The van der Waals surface area contributed by atoms with Crippen molar-refractivity contribution in [2.24, 2.45) is 10.8 Å². The van der Waals surface area contributed by atoms with Gasteiger partial charge in [0.15, 0.2) is 0 Å². The van der Waals surface area contributed by atoms with Gasteiger partial charge in [-0.25, -0.2) is 0 Å². The second kappa shape index (κ2) is 1.92. The Morgan fingerprint density at radius 1 is 1.36 bits per heavy atom. The zero-order chi connectivity index (χ0) is 8.44. The van der Waals surface area contributed by atoms with Crippen molar-refractivity contribution < 1.29 is 0 Å². The van der Waals surface area contributed by atoms with Gasteiger partial charge in [-0.3, -0.25) is 0 Å². The third-order valence-electron chi connectivity index (χ3n) is 3.06. The third-order valence-corrected chi connectivity index (χ3v) is 4.81. The Kier molecular flexibility index (Phi) is 1.43. The molecule has 2 aliphatic rings. The highest BCUT2D eigenvalue weighted by Crippen LogP contribution is 2.78. The molecule has 1 unspecified atom stereocenters. The lowest BCUT2D eigenvalue weighted by Crippen LogP contribution is -2.33. The minimum Gasteiger partial charge on any atom is -0.116 e. The van der Waals surface area contributed by atoms with E-state index in [4.69, 9.17) is 34.8 Å². The van der Waals surface area contributed by atoms with Crippen LogP contribution < -0.4 is 0 Å². The lowest BCUT2D eigenvalue weighted by atomic mass is 9.83. The van der Waals surface area contributed by atoms with Crippen molar-refractivity contribution in [2.75, 3.05) is 0 Å². The molecule has 0 aromatic heterocycles. The predicted octanol–water partition coefficient (Wildman–Crippen LogP) is 3.71. The van der Waals surface area contributed by atoms with Crippen LogP contribution in [0.3, 0.4) is 0 Å². The molecule has 11 heavy (non-hydrogen) atoms. The van der Waals surface area contributed by atoms with Crippen molar-refractivity contribution in [3.05, 3.63) is 10.1 Å². The molecule has 0 aliphatic heterocycles. The second-order valence-electron chi connectivity index (χ2n) is 4.06. The first-order chi connectivity index (χ1) is 4.93. The summed E-state index contributed by atoms with van der Waals surface area (Å²) in [6.45, 7) is 4.35. The Morgan fingerprint density at radius 3 is 2.00 bits per heavy atom. The maximum absolute atomic E-state index is 6.06. The first-order valence-corrected chi connectivity index (χ1v) is 4.82. The van der Waals surface area contributed by atoms with E-state index in [0.29, 0.717) is 5.03 Å². The minimum absolute atomic E-state index is 0.0349. The van der Waals surface area contributed by atoms with Gasteiger partial charge in [-0.1, -0.05) is 37.0 Å². The van der Waals surface area contributed by atoms with E-state index < -0.39 is 0 Å². The molecule has 0 radical (unpaired) electrons. The average Bonchev–Trinajstić information content (AvgIpc) is 2.53. The van der Waals surface area contributed by atoms with Crippen LogP contribution in [0, 0.1) is 10.8 Å². The molecule has 1 spiro atoms. The average molecular weight is 212 g/mol. The van der Waals surface area contributed by atoms with Gasteiger partial charge in [-0.15, -0.1) is 11.6 Å². The Balaban J connectivity index is 2.37. The molecule has 1 fully saturated rings. The van der Waals surface area contributed by atoms with Crippen LogP contribution in [-0.4, -0.2) is 5.38 Å². The molecule has 2 aliphatic carbocycles. The summed E-state index contributed by atoms with van der Waals surface area (Å²) in [4.78, 5) is 0. The first kappa shape index (κ1) is 8.22. The van der Waals surface area contributed by atoms with Gasteiger partial charge in [0.1, 0.15) is 0 Å². The van der Waals surface area contributed by atoms with Crippen LogP contribution in [0.4, 0.5) is 0 Å². The largest absolute Gasteiger partial charge is 0.116 e. The van der Waals surface area contributed by atoms with Crippen LogP contribution in [0.25, 0.3) is 0 Å². The smallest absolute Gasteiger partial charge is 0.0814 e. The van der Waals surface area contributed by atoms with Crippen molar-refractivity contribution in [2.45, 2.75) is 25.6 Å². The molecule has 0 bridgehead atoms. The van der Waals surface area contributed by atoms with Crippen LogP contribution in [0.1, 0.15) is 20.3 Å². The lowest BCUT2D eigenvalue weighted by molar-refractivity contribution is 0.429. The maximum atomic E-state index is 6.06. The lowest BCUT2D eigenvalue weighted by Gasteiger charge is -2.35. The molecule has 2 rings (SSSR count). The van der Waals surface area contributed by atoms with Gasteiger partial charge in [0, 0.05) is 10.4 Å². The van der Waals surface area contributed by atoms with E-state index in [-0.39, 0.29) is 16.2 Å². The molecule has 0 nitrogen and oxygen atoms in total. The minimum atomic E-state index is -0.0355. The number of hydrogen-bond acceptors (Lipinski definition) is 0. The van der Waals surface area contributed by atoms with E-state index >= 15 is 0 Å². The Bertz CT molecular complexity index is 254. The van der Waals surface area contributed by atoms with Crippen LogP contribution in [0.2, 0.25) is 0 Å². The number of allylic oxidation sites excluding steroid dienone is 2. The van der Waals surface area contributed by atoms with Crippen molar-refractivity contribution in [3.63, 3.8) is 0 Å². The summed E-state index contributed by atoms with van der Waals surface area (Å²) in [6.07, 6.45) is 1.07. The molecule has 0 aromatic carbocycles. The summed E-state index contributed by atoms with van der Waals surface area (Å²) in [7, 11) is 0. The maximum Gasteiger partial charge on any atom is 0.0814 e. The zero-order valence-electron chi connectivity index (χ0n) is 6.42. The van der Waals surface area contributed by atoms with Gasteiger partial charge in [0.25, 0.3) is 0 Å². The first-order valence-electron chi connectivity index (χ1n) is 3.63. The molecular weight excluding hydrogens is 202 g/mol. The van der Waals surface area contributed by atoms with Crippen LogP contribution in [-0.2, 0) is 0 Å². The van der Waals surface area contributed by atoms with Crippen LogP contribution in [0.5, 0.6) is 0 Å². The highest BCUT2D eigenvalue weighted by molar-refractivity contribution is 6.47. The van der Waals surface area contributed by atoms with E-state index in [9.17, 15) is 0 Å². The zero-order valence-corrected chi connectivity index (χ0v) is 8.69. The molecule has 0 saturated heterocycles. The summed E-state index contributed by atoms with van der Waals surface area (Å²) in [5.41, 5.74) is 0.294. The van der Waals surface area contributed by atoms with Crippen LogP contribution in [0.15, 0.2) is 10.1 Å². The van der Waals surface area contributed by atoms with Gasteiger partial charge >= 0.3 is 0 Å². The summed E-state index contributed by atoms with van der Waals surface area (Å²) >= 11 is 17.9. The highest BCUT2D eigenvalue weighted by atomic mass is 35.5. The monoisotopic (exact) mass is 210 g/mol. The predicted molar refractivity (Wildman–Crippen MR) is 49.2 cm³/mol. The Hall–Kier alpha value is 0.610. The van der Waals surface area contributed by atoms with Crippen molar-refractivity contribution >= 4 is 34.8 Å². The van der Waals surface area contributed by atoms with Crippen LogP contribution >= 0.6 is 34.8 Å². The molecule has 1 saturated carbocycles. The number of hydrogen-bond donors (Lipinski definition) is 0. The fraction of sp³-hybridized carbons (Fsp3) is 0.750. The van der Waals surface area contributed by atoms with Crippen molar-refractivity contribution in [1.29, 1.82) is 0 Å². The summed E-state index contributed by atoms with van der Waals surface area (Å²) in [6, 6.07) is 0. The second-order valence-corrected chi connectivity index (χ2v) is 5.28. The van der Waals surface area contributed by atoms with Gasteiger partial charge < -0.3 is 0 Å². The summed E-state index contributed by atoms with van der Waals surface area (Å²) in [5, 5.41) is 1.41. The SMILES string of the molecule is CC1(C)CC12C(Cl)=C(Cl)[C@H]2Cl. The quantitative estimate of drug-likeness (QED) is 0.536. The van der Waals surface area contributed by atoms with Gasteiger partial charge in [0.2, 0.25) is 0 Å².